The molecule has 1 aromatic rings. The lowest BCUT2D eigenvalue weighted by Gasteiger charge is -2.13. The lowest BCUT2D eigenvalue weighted by atomic mass is 10.2. The number of hydrogen-bond acceptors (Lipinski definition) is 2. The maximum absolute atomic E-state index is 10.4. The fourth-order valence-corrected chi connectivity index (χ4v) is 0.901. The van der Waals surface area contributed by atoms with Gasteiger partial charge in [-0.05, 0) is 19.1 Å². The smallest absolute Gasteiger partial charge is 0.238 e. The number of carbonyl (C=O) groups is 1. The highest BCUT2D eigenvalue weighted by atomic mass is 16.7. The van der Waals surface area contributed by atoms with Crippen molar-refractivity contribution in [2.24, 2.45) is 0 Å². The zero-order chi connectivity index (χ0) is 8.97. The van der Waals surface area contributed by atoms with E-state index in [2.05, 4.69) is 0 Å². The number of aryl methyl sites for hydroxylation is 1. The van der Waals surface area contributed by atoms with Gasteiger partial charge in [-0.3, -0.25) is 9.63 Å². The molecule has 1 aromatic carbocycles. The summed E-state index contributed by atoms with van der Waals surface area (Å²) < 4.78 is 0. The van der Waals surface area contributed by atoms with Gasteiger partial charge in [0.15, 0.2) is 0 Å². The van der Waals surface area contributed by atoms with Crippen LogP contribution >= 0.6 is 0 Å². The summed E-state index contributed by atoms with van der Waals surface area (Å²) in [4.78, 5) is 15.2. The van der Waals surface area contributed by atoms with Gasteiger partial charge < -0.3 is 0 Å². The molecule has 3 heteroatoms. The molecule has 0 fully saturated rings. The number of carbonyl (C=O) groups excluding carboxylic acids is 1. The number of hydroxylamine groups is 1. The van der Waals surface area contributed by atoms with Crippen molar-refractivity contribution in [2.75, 3.05) is 12.2 Å². The summed E-state index contributed by atoms with van der Waals surface area (Å²) in [5.41, 5.74) is 1.89. The molecule has 0 radical (unpaired) electrons. The van der Waals surface area contributed by atoms with E-state index in [1.165, 1.54) is 12.2 Å². The Bertz CT molecular complexity index is 256. The molecular weight excluding hydrogens is 154 g/mol. The van der Waals surface area contributed by atoms with Crippen molar-refractivity contribution in [2.45, 2.75) is 6.92 Å². The summed E-state index contributed by atoms with van der Waals surface area (Å²) >= 11 is 0. The normalized spacial score (nSPS) is 9.50. The molecule has 0 aliphatic rings. The van der Waals surface area contributed by atoms with Crippen LogP contribution in [0.25, 0.3) is 0 Å². The lowest BCUT2D eigenvalue weighted by Crippen LogP contribution is -2.18. The van der Waals surface area contributed by atoms with E-state index in [1.54, 1.807) is 0 Å². The number of nitrogens with zero attached hydrogens (tertiary/aromatic N) is 1. The van der Waals surface area contributed by atoms with E-state index < -0.39 is 0 Å². The van der Waals surface area contributed by atoms with Gasteiger partial charge in [0, 0.05) is 0 Å². The highest BCUT2D eigenvalue weighted by Gasteiger charge is 2.01. The van der Waals surface area contributed by atoms with Crippen molar-refractivity contribution in [3.05, 3.63) is 29.8 Å². The van der Waals surface area contributed by atoms with E-state index in [0.717, 1.165) is 11.3 Å². The lowest BCUT2D eigenvalue weighted by molar-refractivity contribution is -0.112. The molecule has 3 nitrogen and oxygen atoms in total. The standard InChI is InChI=1S/C9H11NO2/c1-8-3-5-9(6-4-8)10(7-11)12-2/h3-7H,1-2H3. The fraction of sp³-hybridized carbons (Fsp3) is 0.222. The molecule has 0 atom stereocenters. The second-order valence-electron chi connectivity index (χ2n) is 2.45. The highest BCUT2D eigenvalue weighted by molar-refractivity contribution is 5.71. The summed E-state index contributed by atoms with van der Waals surface area (Å²) in [6, 6.07) is 7.50. The van der Waals surface area contributed by atoms with E-state index in [4.69, 9.17) is 4.84 Å². The van der Waals surface area contributed by atoms with E-state index in [9.17, 15) is 4.79 Å². The maximum atomic E-state index is 10.4. The number of anilines is 1. The molecule has 0 heterocycles. The van der Waals surface area contributed by atoms with Gasteiger partial charge in [0.2, 0.25) is 6.41 Å². The summed E-state index contributed by atoms with van der Waals surface area (Å²) in [6.45, 7) is 1.99. The van der Waals surface area contributed by atoms with Crippen molar-refractivity contribution in [3.8, 4) is 0 Å². The minimum atomic E-state index is 0.630. The number of rotatable bonds is 3. The summed E-state index contributed by atoms with van der Waals surface area (Å²) in [6.07, 6.45) is 0.630. The second kappa shape index (κ2) is 3.88. The molecule has 0 bridgehead atoms. The van der Waals surface area contributed by atoms with Crippen LogP contribution in [0.2, 0.25) is 0 Å². The molecular formula is C9H11NO2. The third-order valence-electron chi connectivity index (χ3n) is 1.58. The van der Waals surface area contributed by atoms with Crippen molar-refractivity contribution >= 4 is 12.1 Å². The van der Waals surface area contributed by atoms with Crippen LogP contribution in [0, 0.1) is 6.92 Å². The average Bonchev–Trinajstić information content (AvgIpc) is 2.10. The van der Waals surface area contributed by atoms with Crippen molar-refractivity contribution in [3.63, 3.8) is 0 Å². The van der Waals surface area contributed by atoms with Crippen LogP contribution < -0.4 is 5.06 Å². The van der Waals surface area contributed by atoms with Crippen molar-refractivity contribution < 1.29 is 9.63 Å². The Labute approximate surface area is 71.5 Å². The first-order chi connectivity index (χ1) is 5.77. The van der Waals surface area contributed by atoms with Crippen LogP contribution in [-0.4, -0.2) is 13.5 Å². The Kier molecular flexibility index (Phi) is 2.82. The second-order valence-corrected chi connectivity index (χ2v) is 2.45. The Hall–Kier alpha value is -1.35. The molecule has 0 N–H and O–H groups in total. The van der Waals surface area contributed by atoms with Gasteiger partial charge in [0.05, 0.1) is 12.8 Å². The van der Waals surface area contributed by atoms with Crippen LogP contribution in [0.1, 0.15) is 5.56 Å². The van der Waals surface area contributed by atoms with E-state index in [0.29, 0.717) is 6.41 Å². The third kappa shape index (κ3) is 1.83. The van der Waals surface area contributed by atoms with Gasteiger partial charge >= 0.3 is 0 Å². The van der Waals surface area contributed by atoms with Crippen LogP contribution in [0.4, 0.5) is 5.69 Å². The Balaban J connectivity index is 2.87. The molecule has 0 spiro atoms. The molecule has 0 aromatic heterocycles. The Morgan fingerprint density at radius 2 is 1.92 bits per heavy atom. The predicted molar refractivity (Wildman–Crippen MR) is 46.7 cm³/mol. The minimum Gasteiger partial charge on any atom is -0.276 e. The highest BCUT2D eigenvalue weighted by Crippen LogP contribution is 2.12. The minimum absolute atomic E-state index is 0.630. The van der Waals surface area contributed by atoms with E-state index in [-0.39, 0.29) is 0 Å². The summed E-state index contributed by atoms with van der Waals surface area (Å²) in [5, 5.41) is 1.17. The van der Waals surface area contributed by atoms with Gasteiger partial charge in [-0.25, -0.2) is 0 Å². The molecule has 0 saturated heterocycles. The van der Waals surface area contributed by atoms with Gasteiger partial charge in [-0.2, -0.15) is 5.06 Å². The molecule has 0 saturated carbocycles. The fourth-order valence-electron chi connectivity index (χ4n) is 0.901. The summed E-state index contributed by atoms with van der Waals surface area (Å²) in [7, 11) is 1.45. The maximum Gasteiger partial charge on any atom is 0.238 e. The van der Waals surface area contributed by atoms with Gasteiger partial charge in [0.1, 0.15) is 0 Å². The molecule has 1 amide bonds. The largest absolute Gasteiger partial charge is 0.276 e. The van der Waals surface area contributed by atoms with Gasteiger partial charge in [-0.1, -0.05) is 17.7 Å². The first kappa shape index (κ1) is 8.74. The van der Waals surface area contributed by atoms with Crippen LogP contribution in [-0.2, 0) is 9.63 Å². The van der Waals surface area contributed by atoms with Gasteiger partial charge in [-0.15, -0.1) is 0 Å². The van der Waals surface area contributed by atoms with Gasteiger partial charge in [0.25, 0.3) is 0 Å². The molecule has 0 aliphatic heterocycles. The molecule has 0 unspecified atom stereocenters. The van der Waals surface area contributed by atoms with Crippen molar-refractivity contribution in [1.29, 1.82) is 0 Å². The zero-order valence-corrected chi connectivity index (χ0v) is 7.15. The predicted octanol–water partition coefficient (Wildman–Crippen LogP) is 1.52. The first-order valence-corrected chi connectivity index (χ1v) is 3.63. The summed E-state index contributed by atoms with van der Waals surface area (Å²) in [5.74, 6) is 0. The third-order valence-corrected chi connectivity index (χ3v) is 1.58. The Morgan fingerprint density at radius 1 is 1.33 bits per heavy atom. The quantitative estimate of drug-likeness (QED) is 0.502. The van der Waals surface area contributed by atoms with E-state index in [1.807, 2.05) is 31.2 Å². The molecule has 1 rings (SSSR count). The monoisotopic (exact) mass is 165 g/mol. The number of amides is 1. The topological polar surface area (TPSA) is 29.5 Å². The number of hydrogen-bond donors (Lipinski definition) is 0. The average molecular weight is 165 g/mol. The SMILES string of the molecule is CON(C=O)c1ccc(C)cc1. The molecule has 12 heavy (non-hydrogen) atoms. The van der Waals surface area contributed by atoms with Crippen molar-refractivity contribution in [1.82, 2.24) is 0 Å². The first-order valence-electron chi connectivity index (χ1n) is 3.63. The molecule has 0 aliphatic carbocycles. The van der Waals surface area contributed by atoms with Crippen LogP contribution in [0.5, 0.6) is 0 Å². The number of benzene rings is 1. The van der Waals surface area contributed by atoms with Crippen LogP contribution in [0.15, 0.2) is 24.3 Å². The molecule has 64 valence electrons. The Morgan fingerprint density at radius 3 is 2.33 bits per heavy atom. The van der Waals surface area contributed by atoms with Crippen LogP contribution in [0.3, 0.4) is 0 Å². The zero-order valence-electron chi connectivity index (χ0n) is 7.15. The van der Waals surface area contributed by atoms with E-state index >= 15 is 0 Å².